The quantitative estimate of drug-likeness (QED) is 0.438. The molecule has 7 heteroatoms. The van der Waals surface area contributed by atoms with E-state index in [0.717, 1.165) is 6.07 Å². The minimum atomic E-state index is -1.25. The molecular weight excluding hydrogens is 214 g/mol. The van der Waals surface area contributed by atoms with Crippen LogP contribution >= 0.6 is 0 Å². The molecule has 82 valence electrons. The zero-order valence-corrected chi connectivity index (χ0v) is 8.01. The molecule has 0 saturated carbocycles. The summed E-state index contributed by atoms with van der Waals surface area (Å²) in [7, 11) is 0. The fraction of sp³-hybridized carbons (Fsp3) is 0.111. The van der Waals surface area contributed by atoms with Crippen LogP contribution in [0.25, 0.3) is 0 Å². The molecule has 0 bridgehead atoms. The summed E-state index contributed by atoms with van der Waals surface area (Å²) in [5, 5.41) is 28.0. The van der Waals surface area contributed by atoms with Gasteiger partial charge in [-0.1, -0.05) is 0 Å². The van der Waals surface area contributed by atoms with E-state index in [-0.39, 0.29) is 16.8 Å². The number of nitro groups is 1. The van der Waals surface area contributed by atoms with Crippen LogP contribution in [0.4, 0.5) is 11.4 Å². The van der Waals surface area contributed by atoms with Crippen LogP contribution in [0.15, 0.2) is 12.1 Å². The van der Waals surface area contributed by atoms with E-state index in [0.29, 0.717) is 0 Å². The van der Waals surface area contributed by atoms with Crippen molar-refractivity contribution in [1.29, 1.82) is 5.26 Å². The van der Waals surface area contributed by atoms with Crippen molar-refractivity contribution < 1.29 is 14.8 Å². The number of nitrogen functional groups attached to an aromatic ring is 1. The van der Waals surface area contributed by atoms with Crippen LogP contribution in [0, 0.1) is 21.4 Å². The Morgan fingerprint density at radius 2 is 2.25 bits per heavy atom. The van der Waals surface area contributed by atoms with Crippen molar-refractivity contribution in [3.05, 3.63) is 33.4 Å². The minimum Gasteiger partial charge on any atom is -0.481 e. The first-order valence-corrected chi connectivity index (χ1v) is 4.14. The molecule has 1 aromatic carbocycles. The second kappa shape index (κ2) is 4.27. The summed E-state index contributed by atoms with van der Waals surface area (Å²) >= 11 is 0. The van der Waals surface area contributed by atoms with E-state index in [1.807, 2.05) is 0 Å². The molecule has 7 nitrogen and oxygen atoms in total. The normalized spacial score (nSPS) is 9.44. The summed E-state index contributed by atoms with van der Waals surface area (Å²) in [6.07, 6.45) is -0.584. The third kappa shape index (κ3) is 2.24. The summed E-state index contributed by atoms with van der Waals surface area (Å²) in [5.74, 6) is -1.25. The molecule has 0 aromatic heterocycles. The van der Waals surface area contributed by atoms with E-state index in [4.69, 9.17) is 16.1 Å². The third-order valence-electron chi connectivity index (χ3n) is 1.89. The molecule has 0 unspecified atom stereocenters. The van der Waals surface area contributed by atoms with E-state index in [2.05, 4.69) is 0 Å². The summed E-state index contributed by atoms with van der Waals surface area (Å²) in [6, 6.07) is 3.94. The van der Waals surface area contributed by atoms with Crippen LogP contribution in [0.5, 0.6) is 0 Å². The Labute approximate surface area is 89.9 Å². The van der Waals surface area contributed by atoms with Gasteiger partial charge in [0.25, 0.3) is 5.69 Å². The molecule has 0 heterocycles. The Balaban J connectivity index is 3.46. The van der Waals surface area contributed by atoms with Crippen molar-refractivity contribution in [2.45, 2.75) is 6.42 Å². The van der Waals surface area contributed by atoms with Gasteiger partial charge in [-0.05, 0) is 6.07 Å². The number of rotatable bonds is 3. The molecule has 0 fully saturated rings. The lowest BCUT2D eigenvalue weighted by atomic mass is 10.0. The van der Waals surface area contributed by atoms with Crippen LogP contribution in [0.1, 0.15) is 11.1 Å². The van der Waals surface area contributed by atoms with Crippen molar-refractivity contribution in [3.8, 4) is 6.07 Å². The molecule has 1 rings (SSSR count). The Bertz CT molecular complexity index is 504. The second-order valence-electron chi connectivity index (χ2n) is 3.01. The van der Waals surface area contributed by atoms with E-state index >= 15 is 0 Å². The maximum absolute atomic E-state index is 10.7. The van der Waals surface area contributed by atoms with Crippen molar-refractivity contribution in [2.24, 2.45) is 0 Å². The average Bonchev–Trinajstić information content (AvgIpc) is 2.19. The predicted octanol–water partition coefficient (Wildman–Crippen LogP) is 0.676. The molecular formula is C9H7N3O4. The summed E-state index contributed by atoms with van der Waals surface area (Å²) < 4.78 is 0. The number of nitriles is 1. The molecule has 0 radical (unpaired) electrons. The van der Waals surface area contributed by atoms with Gasteiger partial charge >= 0.3 is 5.97 Å². The lowest BCUT2D eigenvalue weighted by molar-refractivity contribution is -0.385. The maximum atomic E-state index is 10.7. The molecule has 3 N–H and O–H groups in total. The van der Waals surface area contributed by atoms with E-state index in [1.54, 1.807) is 6.07 Å². The Morgan fingerprint density at radius 1 is 1.62 bits per heavy atom. The van der Waals surface area contributed by atoms with Crippen LogP contribution < -0.4 is 5.73 Å². The Kier molecular flexibility index (Phi) is 3.06. The highest BCUT2D eigenvalue weighted by atomic mass is 16.6. The molecule has 0 aliphatic rings. The van der Waals surface area contributed by atoms with Crippen molar-refractivity contribution in [3.63, 3.8) is 0 Å². The topological polar surface area (TPSA) is 130 Å². The van der Waals surface area contributed by atoms with Gasteiger partial charge in [0.2, 0.25) is 0 Å². The molecule has 16 heavy (non-hydrogen) atoms. The first-order chi connectivity index (χ1) is 7.45. The van der Waals surface area contributed by atoms with Crippen LogP contribution in [0.2, 0.25) is 0 Å². The molecule has 0 aliphatic heterocycles. The van der Waals surface area contributed by atoms with E-state index < -0.39 is 23.0 Å². The van der Waals surface area contributed by atoms with Crippen LogP contribution in [-0.4, -0.2) is 16.0 Å². The molecule has 0 atom stereocenters. The van der Waals surface area contributed by atoms with Gasteiger partial charge in [0, 0.05) is 11.8 Å². The lowest BCUT2D eigenvalue weighted by Crippen LogP contribution is -2.07. The zero-order valence-electron chi connectivity index (χ0n) is 8.01. The Morgan fingerprint density at radius 3 is 2.69 bits per heavy atom. The van der Waals surface area contributed by atoms with Crippen LogP contribution in [-0.2, 0) is 11.2 Å². The number of carboxylic acid groups (broad SMARTS) is 1. The number of aliphatic carboxylic acids is 1. The zero-order chi connectivity index (χ0) is 12.3. The first-order valence-electron chi connectivity index (χ1n) is 4.14. The van der Waals surface area contributed by atoms with Crippen LogP contribution in [0.3, 0.4) is 0 Å². The minimum absolute atomic E-state index is 0.0531. The highest BCUT2D eigenvalue weighted by Crippen LogP contribution is 2.26. The van der Waals surface area contributed by atoms with Gasteiger partial charge in [0.05, 0.1) is 28.5 Å². The fourth-order valence-electron chi connectivity index (χ4n) is 1.28. The van der Waals surface area contributed by atoms with Gasteiger partial charge in [-0.15, -0.1) is 0 Å². The number of hydrogen-bond donors (Lipinski definition) is 2. The van der Waals surface area contributed by atoms with E-state index in [1.165, 1.54) is 6.07 Å². The number of nitro benzene ring substituents is 1. The average molecular weight is 221 g/mol. The lowest BCUT2D eigenvalue weighted by Gasteiger charge is -2.03. The van der Waals surface area contributed by atoms with Crippen molar-refractivity contribution in [2.75, 3.05) is 5.73 Å². The summed E-state index contributed by atoms with van der Waals surface area (Å²) in [4.78, 5) is 20.5. The predicted molar refractivity (Wildman–Crippen MR) is 53.6 cm³/mol. The molecule has 0 spiro atoms. The monoisotopic (exact) mass is 221 g/mol. The maximum Gasteiger partial charge on any atom is 0.308 e. The number of nitrogens with two attached hydrogens (primary N) is 1. The fourth-order valence-corrected chi connectivity index (χ4v) is 1.28. The summed E-state index contributed by atoms with van der Waals surface area (Å²) in [6.45, 7) is 0. The summed E-state index contributed by atoms with van der Waals surface area (Å²) in [5.41, 5.74) is 4.76. The molecule has 0 saturated heterocycles. The van der Waals surface area contributed by atoms with E-state index in [9.17, 15) is 14.9 Å². The standard InChI is InChI=1S/C9H7N3O4/c10-4-5-1-6(11)2-8(12(15)16)7(5)3-9(13)14/h1-2H,3,11H2,(H,13,14). The first kappa shape index (κ1) is 11.5. The number of carbonyl (C=O) groups is 1. The van der Waals surface area contributed by atoms with Crippen molar-refractivity contribution in [1.82, 2.24) is 0 Å². The van der Waals surface area contributed by atoms with Gasteiger partial charge < -0.3 is 10.8 Å². The number of hydrogen-bond acceptors (Lipinski definition) is 5. The second-order valence-corrected chi connectivity index (χ2v) is 3.01. The Hall–Kier alpha value is -2.62. The van der Waals surface area contributed by atoms with Gasteiger partial charge in [-0.2, -0.15) is 5.26 Å². The number of anilines is 1. The highest BCUT2D eigenvalue weighted by molar-refractivity contribution is 5.75. The number of benzene rings is 1. The smallest absolute Gasteiger partial charge is 0.308 e. The number of nitrogens with zero attached hydrogens (tertiary/aromatic N) is 2. The van der Waals surface area contributed by atoms with Gasteiger partial charge in [-0.25, -0.2) is 0 Å². The molecule has 0 aliphatic carbocycles. The SMILES string of the molecule is N#Cc1cc(N)cc([N+](=O)[O-])c1CC(=O)O. The van der Waals surface area contributed by atoms with Crippen molar-refractivity contribution >= 4 is 17.3 Å². The number of carboxylic acids is 1. The van der Waals surface area contributed by atoms with Gasteiger partial charge in [-0.3, -0.25) is 14.9 Å². The molecule has 1 aromatic rings. The largest absolute Gasteiger partial charge is 0.481 e. The highest BCUT2D eigenvalue weighted by Gasteiger charge is 2.21. The third-order valence-corrected chi connectivity index (χ3v) is 1.89. The van der Waals surface area contributed by atoms with Gasteiger partial charge in [0.1, 0.15) is 0 Å². The van der Waals surface area contributed by atoms with Gasteiger partial charge in [0.15, 0.2) is 0 Å². The molecule has 0 amide bonds.